The van der Waals surface area contributed by atoms with Crippen molar-refractivity contribution in [3.05, 3.63) is 29.3 Å². The number of rotatable bonds is 6. The second-order valence-electron chi connectivity index (χ2n) is 6.20. The molecule has 1 rings (SSSR count). The van der Waals surface area contributed by atoms with Gasteiger partial charge in [0.2, 0.25) is 10.0 Å². The zero-order valence-electron chi connectivity index (χ0n) is 13.4. The lowest BCUT2D eigenvalue weighted by molar-refractivity contribution is 0.333. The van der Waals surface area contributed by atoms with Crippen LogP contribution in [0, 0.1) is 30.1 Å². The van der Waals surface area contributed by atoms with E-state index in [0.717, 1.165) is 0 Å². The first-order chi connectivity index (χ1) is 9.68. The molecule has 0 atom stereocenters. The summed E-state index contributed by atoms with van der Waals surface area (Å²) in [5.74, 6) is 0.524. The third-order valence-corrected chi connectivity index (χ3v) is 4.92. The van der Waals surface area contributed by atoms with Gasteiger partial charge < -0.3 is 0 Å². The highest BCUT2D eigenvalue weighted by atomic mass is 32.2. The summed E-state index contributed by atoms with van der Waals surface area (Å²) in [6.45, 7) is 10.8. The van der Waals surface area contributed by atoms with Crippen molar-refractivity contribution in [2.24, 2.45) is 11.8 Å². The number of benzene rings is 1. The van der Waals surface area contributed by atoms with Gasteiger partial charge in [0.25, 0.3) is 0 Å². The van der Waals surface area contributed by atoms with Crippen molar-refractivity contribution in [3.8, 4) is 6.07 Å². The van der Waals surface area contributed by atoms with Crippen LogP contribution in [0.5, 0.6) is 0 Å². The fourth-order valence-electron chi connectivity index (χ4n) is 2.16. The summed E-state index contributed by atoms with van der Waals surface area (Å²) in [6, 6.07) is 6.74. The van der Waals surface area contributed by atoms with Gasteiger partial charge in [0.15, 0.2) is 0 Å². The van der Waals surface area contributed by atoms with Crippen molar-refractivity contribution in [1.29, 1.82) is 5.26 Å². The molecule has 1 aromatic rings. The second kappa shape index (κ2) is 7.06. The normalized spacial score (nSPS) is 12.1. The van der Waals surface area contributed by atoms with Crippen molar-refractivity contribution in [3.63, 3.8) is 0 Å². The zero-order valence-corrected chi connectivity index (χ0v) is 14.2. The van der Waals surface area contributed by atoms with Crippen LogP contribution in [-0.4, -0.2) is 25.8 Å². The van der Waals surface area contributed by atoms with Crippen LogP contribution in [0.3, 0.4) is 0 Å². The maximum Gasteiger partial charge on any atom is 0.243 e. The molecular formula is C16H24N2O2S. The molecule has 0 aliphatic heterocycles. The van der Waals surface area contributed by atoms with Crippen LogP contribution < -0.4 is 0 Å². The fourth-order valence-corrected chi connectivity index (χ4v) is 4.01. The Morgan fingerprint density at radius 2 is 1.67 bits per heavy atom. The fraction of sp³-hybridized carbons (Fsp3) is 0.562. The monoisotopic (exact) mass is 308 g/mol. The van der Waals surface area contributed by atoms with Gasteiger partial charge in [0.05, 0.1) is 16.5 Å². The van der Waals surface area contributed by atoms with Crippen molar-refractivity contribution in [2.45, 2.75) is 39.5 Å². The average Bonchev–Trinajstić information content (AvgIpc) is 2.36. The van der Waals surface area contributed by atoms with E-state index in [2.05, 4.69) is 6.07 Å². The molecule has 0 amide bonds. The molecule has 0 bridgehead atoms. The standard InChI is InChI=1S/C16H24N2O2S/c1-12(2)10-18(11-13(3)4)21(19,20)16-7-6-15(9-17)14(5)8-16/h6-8,12-13H,10-11H2,1-5H3. The summed E-state index contributed by atoms with van der Waals surface area (Å²) in [7, 11) is -3.51. The molecule has 0 unspecified atom stereocenters. The highest BCUT2D eigenvalue weighted by Gasteiger charge is 2.26. The molecule has 0 aromatic heterocycles. The van der Waals surface area contributed by atoms with E-state index in [9.17, 15) is 8.42 Å². The molecule has 0 fully saturated rings. The lowest BCUT2D eigenvalue weighted by Gasteiger charge is -2.25. The van der Waals surface area contributed by atoms with Crippen LogP contribution in [0.4, 0.5) is 0 Å². The van der Waals surface area contributed by atoms with Gasteiger partial charge in [-0.3, -0.25) is 0 Å². The van der Waals surface area contributed by atoms with Crippen LogP contribution >= 0.6 is 0 Å². The Morgan fingerprint density at radius 3 is 2.05 bits per heavy atom. The Balaban J connectivity index is 3.22. The van der Waals surface area contributed by atoms with E-state index in [4.69, 9.17) is 5.26 Å². The quantitative estimate of drug-likeness (QED) is 0.811. The molecule has 0 saturated carbocycles. The molecule has 0 spiro atoms. The molecule has 0 N–H and O–H groups in total. The highest BCUT2D eigenvalue weighted by molar-refractivity contribution is 7.89. The summed E-state index contributed by atoms with van der Waals surface area (Å²) < 4.78 is 27.1. The van der Waals surface area contributed by atoms with Gasteiger partial charge in [-0.1, -0.05) is 27.7 Å². The maximum absolute atomic E-state index is 12.8. The van der Waals surface area contributed by atoms with Gasteiger partial charge in [0, 0.05) is 13.1 Å². The summed E-state index contributed by atoms with van der Waals surface area (Å²) >= 11 is 0. The van der Waals surface area contributed by atoms with Gasteiger partial charge >= 0.3 is 0 Å². The first-order valence-corrected chi connectivity index (χ1v) is 8.63. The van der Waals surface area contributed by atoms with E-state index in [-0.39, 0.29) is 16.7 Å². The molecule has 21 heavy (non-hydrogen) atoms. The van der Waals surface area contributed by atoms with Crippen LogP contribution in [0.15, 0.2) is 23.1 Å². The molecular weight excluding hydrogens is 284 g/mol. The van der Waals surface area contributed by atoms with E-state index in [1.54, 1.807) is 23.4 Å². The lowest BCUT2D eigenvalue weighted by Crippen LogP contribution is -2.37. The van der Waals surface area contributed by atoms with Gasteiger partial charge in [-0.05, 0) is 42.5 Å². The molecule has 5 heteroatoms. The van der Waals surface area contributed by atoms with Crippen LogP contribution in [0.25, 0.3) is 0 Å². The average molecular weight is 308 g/mol. The molecule has 116 valence electrons. The molecule has 1 aromatic carbocycles. The van der Waals surface area contributed by atoms with Crippen molar-refractivity contribution in [1.82, 2.24) is 4.31 Å². The van der Waals surface area contributed by atoms with Gasteiger partial charge in [-0.2, -0.15) is 9.57 Å². The number of sulfonamides is 1. The Hall–Kier alpha value is -1.38. The van der Waals surface area contributed by atoms with Crippen LogP contribution in [0.2, 0.25) is 0 Å². The SMILES string of the molecule is Cc1cc(S(=O)(=O)N(CC(C)C)CC(C)C)ccc1C#N. The summed E-state index contributed by atoms with van der Waals surface area (Å²) in [5.41, 5.74) is 1.20. The first-order valence-electron chi connectivity index (χ1n) is 7.19. The minimum absolute atomic E-state index is 0.262. The number of hydrogen-bond acceptors (Lipinski definition) is 3. The largest absolute Gasteiger partial charge is 0.243 e. The topological polar surface area (TPSA) is 61.2 Å². The Labute approximate surface area is 128 Å². The van der Waals surface area contributed by atoms with Crippen molar-refractivity contribution < 1.29 is 8.42 Å². The van der Waals surface area contributed by atoms with E-state index >= 15 is 0 Å². The van der Waals surface area contributed by atoms with Crippen LogP contribution in [0.1, 0.15) is 38.8 Å². The molecule has 4 nitrogen and oxygen atoms in total. The minimum Gasteiger partial charge on any atom is -0.207 e. The van der Waals surface area contributed by atoms with E-state index in [1.165, 1.54) is 6.07 Å². The number of nitrogens with zero attached hydrogens (tertiary/aromatic N) is 2. The zero-order chi connectivity index (χ0) is 16.2. The summed E-state index contributed by atoms with van der Waals surface area (Å²) in [5, 5.41) is 8.95. The van der Waals surface area contributed by atoms with Gasteiger partial charge in [-0.15, -0.1) is 0 Å². The Bertz CT molecular complexity index is 618. The number of hydrogen-bond donors (Lipinski definition) is 0. The lowest BCUT2D eigenvalue weighted by atomic mass is 10.1. The van der Waals surface area contributed by atoms with E-state index in [1.807, 2.05) is 27.7 Å². The van der Waals surface area contributed by atoms with E-state index in [0.29, 0.717) is 24.2 Å². The van der Waals surface area contributed by atoms with E-state index < -0.39 is 10.0 Å². The van der Waals surface area contributed by atoms with Crippen molar-refractivity contribution >= 4 is 10.0 Å². The number of aryl methyl sites for hydroxylation is 1. The predicted octanol–water partition coefficient (Wildman–Crippen LogP) is 3.17. The maximum atomic E-state index is 12.8. The highest BCUT2D eigenvalue weighted by Crippen LogP contribution is 2.21. The number of nitriles is 1. The van der Waals surface area contributed by atoms with Crippen LogP contribution in [-0.2, 0) is 10.0 Å². The Morgan fingerprint density at radius 1 is 1.14 bits per heavy atom. The summed E-state index contributed by atoms with van der Waals surface area (Å²) in [4.78, 5) is 0.264. The van der Waals surface area contributed by atoms with Gasteiger partial charge in [0.1, 0.15) is 0 Å². The molecule has 0 radical (unpaired) electrons. The van der Waals surface area contributed by atoms with Gasteiger partial charge in [-0.25, -0.2) is 8.42 Å². The smallest absolute Gasteiger partial charge is 0.207 e. The summed E-state index contributed by atoms with van der Waals surface area (Å²) in [6.07, 6.45) is 0. The molecule has 0 saturated heterocycles. The van der Waals surface area contributed by atoms with Crippen molar-refractivity contribution in [2.75, 3.05) is 13.1 Å². The second-order valence-corrected chi connectivity index (χ2v) is 8.14. The molecule has 0 aliphatic rings. The molecule has 0 aliphatic carbocycles. The third-order valence-electron chi connectivity index (χ3n) is 3.09. The third kappa shape index (κ3) is 4.55. The Kier molecular flexibility index (Phi) is 5.94. The minimum atomic E-state index is -3.51. The first kappa shape index (κ1) is 17.7. The predicted molar refractivity (Wildman–Crippen MR) is 84.3 cm³/mol. The molecule has 0 heterocycles.